The number of nitrogens with zero attached hydrogens (tertiary/aromatic N) is 1. The van der Waals surface area contributed by atoms with Crippen molar-refractivity contribution in [3.05, 3.63) is 62.1 Å². The van der Waals surface area contributed by atoms with E-state index in [2.05, 4.69) is 21.2 Å². The van der Waals surface area contributed by atoms with Crippen molar-refractivity contribution in [1.82, 2.24) is 5.32 Å². The summed E-state index contributed by atoms with van der Waals surface area (Å²) in [7, 11) is 1.75. The highest BCUT2D eigenvalue weighted by molar-refractivity contribution is 9.10. The Balaban J connectivity index is 2.83. The summed E-state index contributed by atoms with van der Waals surface area (Å²) < 4.78 is 0.719. The lowest BCUT2D eigenvalue weighted by Gasteiger charge is -2.13. The average Bonchev–Trinajstić information content (AvgIpc) is 2.48. The summed E-state index contributed by atoms with van der Waals surface area (Å²) >= 11 is 3.33. The number of rotatable bonds is 5. The van der Waals surface area contributed by atoms with Gasteiger partial charge in [0.1, 0.15) is 0 Å². The normalized spacial score (nSPS) is 10.5. The van der Waals surface area contributed by atoms with Crippen LogP contribution in [0.25, 0.3) is 11.1 Å². The molecule has 0 atom stereocenters. The number of carboxylic acids is 1. The highest BCUT2D eigenvalue weighted by atomic mass is 79.9. The minimum atomic E-state index is -1.20. The van der Waals surface area contributed by atoms with Gasteiger partial charge in [-0.3, -0.25) is 10.1 Å². The average molecular weight is 365 g/mol. The molecule has 6 nitrogen and oxygen atoms in total. The Morgan fingerprint density at radius 3 is 2.68 bits per heavy atom. The van der Waals surface area contributed by atoms with Crippen LogP contribution in [0.4, 0.5) is 5.69 Å². The summed E-state index contributed by atoms with van der Waals surface area (Å²) in [6.45, 7) is 0.466. The van der Waals surface area contributed by atoms with E-state index in [1.54, 1.807) is 19.2 Å². The van der Waals surface area contributed by atoms with E-state index in [0.29, 0.717) is 12.1 Å². The molecule has 0 saturated heterocycles. The molecule has 114 valence electrons. The largest absolute Gasteiger partial charge is 0.478 e. The van der Waals surface area contributed by atoms with Gasteiger partial charge in [-0.15, -0.1) is 0 Å². The molecule has 0 aliphatic carbocycles. The Hall–Kier alpha value is -2.25. The molecule has 0 aromatic heterocycles. The smallest absolute Gasteiger partial charge is 0.336 e. The van der Waals surface area contributed by atoms with E-state index >= 15 is 0 Å². The van der Waals surface area contributed by atoms with Gasteiger partial charge in [0.15, 0.2) is 0 Å². The van der Waals surface area contributed by atoms with Crippen molar-refractivity contribution < 1.29 is 14.8 Å². The summed E-state index contributed by atoms with van der Waals surface area (Å²) in [5, 5.41) is 23.7. The number of halogens is 1. The first-order valence-corrected chi connectivity index (χ1v) is 7.19. The maximum atomic E-state index is 11.5. The monoisotopic (exact) mass is 364 g/mol. The van der Waals surface area contributed by atoms with Gasteiger partial charge in [0.25, 0.3) is 5.69 Å². The van der Waals surface area contributed by atoms with Gasteiger partial charge in [-0.2, -0.15) is 0 Å². The zero-order chi connectivity index (χ0) is 16.3. The Morgan fingerprint density at radius 1 is 1.36 bits per heavy atom. The first kappa shape index (κ1) is 16.1. The van der Waals surface area contributed by atoms with Crippen LogP contribution in [0.1, 0.15) is 15.9 Å². The molecule has 2 N–H and O–H groups in total. The van der Waals surface area contributed by atoms with Gasteiger partial charge in [-0.25, -0.2) is 4.79 Å². The van der Waals surface area contributed by atoms with Gasteiger partial charge >= 0.3 is 5.97 Å². The SMILES string of the molecule is CNCc1ccc(Br)cc1-c1c(C(=O)O)cccc1[N+](=O)[O-]. The predicted octanol–water partition coefficient (Wildman–Crippen LogP) is 3.44. The van der Waals surface area contributed by atoms with Gasteiger partial charge in [-0.05, 0) is 36.4 Å². The fourth-order valence-corrected chi connectivity index (χ4v) is 2.64. The quantitative estimate of drug-likeness (QED) is 0.626. The maximum Gasteiger partial charge on any atom is 0.336 e. The summed E-state index contributed by atoms with van der Waals surface area (Å²) in [5.74, 6) is -1.20. The zero-order valence-electron chi connectivity index (χ0n) is 11.7. The Bertz CT molecular complexity index is 714. The van der Waals surface area contributed by atoms with Gasteiger partial charge in [0.2, 0.25) is 0 Å². The lowest BCUT2D eigenvalue weighted by Crippen LogP contribution is -2.09. The van der Waals surface area contributed by atoms with E-state index in [1.807, 2.05) is 6.07 Å². The second-order valence-corrected chi connectivity index (χ2v) is 5.51. The van der Waals surface area contributed by atoms with Crippen LogP contribution in [0.5, 0.6) is 0 Å². The predicted molar refractivity (Wildman–Crippen MR) is 86.0 cm³/mol. The number of hydrogen-bond acceptors (Lipinski definition) is 4. The lowest BCUT2D eigenvalue weighted by molar-refractivity contribution is -0.384. The number of nitrogens with one attached hydrogen (secondary N) is 1. The van der Waals surface area contributed by atoms with Crippen LogP contribution >= 0.6 is 15.9 Å². The third kappa shape index (κ3) is 3.15. The van der Waals surface area contributed by atoms with Crippen molar-refractivity contribution in [2.75, 3.05) is 7.05 Å². The number of nitro groups is 1. The van der Waals surface area contributed by atoms with Crippen LogP contribution < -0.4 is 5.32 Å². The third-order valence-electron chi connectivity index (χ3n) is 3.18. The van der Waals surface area contributed by atoms with Crippen LogP contribution in [0.15, 0.2) is 40.9 Å². The van der Waals surface area contributed by atoms with Crippen molar-refractivity contribution in [1.29, 1.82) is 0 Å². The van der Waals surface area contributed by atoms with Crippen LogP contribution in [0, 0.1) is 10.1 Å². The molecule has 2 rings (SSSR count). The fourth-order valence-electron chi connectivity index (χ4n) is 2.28. The van der Waals surface area contributed by atoms with Crippen molar-refractivity contribution in [2.45, 2.75) is 6.54 Å². The standard InChI is InChI=1S/C15H13BrN2O4/c1-17-8-9-5-6-10(16)7-12(9)14-11(15(19)20)3-2-4-13(14)18(21)22/h2-7,17H,8H2,1H3,(H,19,20). The van der Waals surface area contributed by atoms with Crippen LogP contribution in [-0.4, -0.2) is 23.0 Å². The Labute approximate surface area is 135 Å². The zero-order valence-corrected chi connectivity index (χ0v) is 13.3. The molecule has 0 radical (unpaired) electrons. The molecule has 0 heterocycles. The number of carboxylic acid groups (broad SMARTS) is 1. The minimum absolute atomic E-state index is 0.0929. The topological polar surface area (TPSA) is 92.5 Å². The molecule has 0 unspecified atom stereocenters. The molecule has 0 spiro atoms. The molecule has 0 bridgehead atoms. The molecule has 22 heavy (non-hydrogen) atoms. The summed E-state index contributed by atoms with van der Waals surface area (Å²) in [6, 6.07) is 9.37. The van der Waals surface area contributed by atoms with E-state index in [1.165, 1.54) is 18.2 Å². The third-order valence-corrected chi connectivity index (χ3v) is 3.67. The van der Waals surface area contributed by atoms with E-state index in [-0.39, 0.29) is 16.8 Å². The van der Waals surface area contributed by atoms with Crippen molar-refractivity contribution in [2.24, 2.45) is 0 Å². The van der Waals surface area contributed by atoms with Gasteiger partial charge in [-0.1, -0.05) is 28.1 Å². The Morgan fingerprint density at radius 2 is 2.09 bits per heavy atom. The van der Waals surface area contributed by atoms with Crippen molar-refractivity contribution in [3.8, 4) is 11.1 Å². The highest BCUT2D eigenvalue weighted by Gasteiger charge is 2.24. The number of nitro benzene ring substituents is 1. The molecule has 0 fully saturated rings. The van der Waals surface area contributed by atoms with Gasteiger partial charge < -0.3 is 10.4 Å². The molecular formula is C15H13BrN2O4. The minimum Gasteiger partial charge on any atom is -0.478 e. The maximum absolute atomic E-state index is 11.5. The van der Waals surface area contributed by atoms with Crippen molar-refractivity contribution >= 4 is 27.6 Å². The second kappa shape index (κ2) is 6.67. The molecule has 0 aliphatic rings. The van der Waals surface area contributed by atoms with Gasteiger partial charge in [0.05, 0.1) is 16.1 Å². The lowest BCUT2D eigenvalue weighted by atomic mass is 9.93. The fraction of sp³-hybridized carbons (Fsp3) is 0.133. The number of hydrogen-bond donors (Lipinski definition) is 2. The molecule has 0 aliphatic heterocycles. The number of benzene rings is 2. The van der Waals surface area contributed by atoms with E-state index in [0.717, 1.165) is 10.0 Å². The number of carbonyl (C=O) groups is 1. The Kier molecular flexibility index (Phi) is 4.89. The molecule has 7 heteroatoms. The van der Waals surface area contributed by atoms with Gasteiger partial charge in [0, 0.05) is 17.1 Å². The first-order chi connectivity index (χ1) is 10.5. The first-order valence-electron chi connectivity index (χ1n) is 6.39. The summed E-state index contributed by atoms with van der Waals surface area (Å²) in [5.41, 5.74) is 1.10. The van der Waals surface area contributed by atoms with Crippen LogP contribution in [0.2, 0.25) is 0 Å². The summed E-state index contributed by atoms with van der Waals surface area (Å²) in [4.78, 5) is 22.2. The van der Waals surface area contributed by atoms with E-state index in [9.17, 15) is 20.0 Å². The molecule has 0 saturated carbocycles. The second-order valence-electron chi connectivity index (χ2n) is 4.59. The molecule has 2 aromatic carbocycles. The molecule has 2 aromatic rings. The molecule has 0 amide bonds. The summed E-state index contributed by atoms with van der Waals surface area (Å²) in [6.07, 6.45) is 0. The van der Waals surface area contributed by atoms with Crippen LogP contribution in [-0.2, 0) is 6.54 Å². The van der Waals surface area contributed by atoms with Crippen molar-refractivity contribution in [3.63, 3.8) is 0 Å². The highest BCUT2D eigenvalue weighted by Crippen LogP contribution is 2.37. The number of aromatic carboxylic acids is 1. The van der Waals surface area contributed by atoms with E-state index in [4.69, 9.17) is 0 Å². The van der Waals surface area contributed by atoms with Crippen LogP contribution in [0.3, 0.4) is 0 Å². The van der Waals surface area contributed by atoms with E-state index < -0.39 is 10.9 Å². The molecular weight excluding hydrogens is 352 g/mol.